The van der Waals surface area contributed by atoms with Crippen LogP contribution in [0.1, 0.15) is 11.1 Å². The molecular weight excluding hydrogens is 861 g/mol. The Hall–Kier alpha value is -10.5. The van der Waals surface area contributed by atoms with Gasteiger partial charge in [0, 0.05) is 11.4 Å². The van der Waals surface area contributed by atoms with E-state index in [-0.39, 0.29) is 0 Å². The van der Waals surface area contributed by atoms with Crippen molar-refractivity contribution in [2.24, 2.45) is 0 Å². The normalized spacial score (nSPS) is 11.6. The van der Waals surface area contributed by atoms with Crippen molar-refractivity contribution in [1.29, 1.82) is 10.5 Å². The molecule has 9 aromatic carbocycles. The lowest BCUT2D eigenvalue weighted by atomic mass is 9.93. The highest BCUT2D eigenvalue weighted by molar-refractivity contribution is 6.04. The van der Waals surface area contributed by atoms with E-state index in [2.05, 4.69) is 82.5 Å². The molecule has 0 spiro atoms. The second-order valence-corrected chi connectivity index (χ2v) is 16.8. The van der Waals surface area contributed by atoms with E-state index in [0.29, 0.717) is 68.2 Å². The van der Waals surface area contributed by atoms with E-state index in [1.54, 1.807) is 48.5 Å². The topological polar surface area (TPSA) is 114 Å². The minimum Gasteiger partial charge on any atom is -0.273 e. The summed E-state index contributed by atoms with van der Waals surface area (Å²) in [6, 6.07) is 67.2. The lowest BCUT2D eigenvalue weighted by Crippen LogP contribution is -2.28. The van der Waals surface area contributed by atoms with Crippen molar-refractivity contribution >= 4 is 78.6 Å². The van der Waals surface area contributed by atoms with Gasteiger partial charge < -0.3 is 0 Å². The van der Waals surface area contributed by atoms with Gasteiger partial charge >= 0.3 is 0 Å². The number of fused-ring (bicyclic) bond motifs is 5. The van der Waals surface area contributed by atoms with Gasteiger partial charge in [0.1, 0.15) is 0 Å². The molecule has 0 saturated carbocycles. The van der Waals surface area contributed by atoms with Gasteiger partial charge in [-0.15, -0.1) is 0 Å². The van der Waals surface area contributed by atoms with Crippen molar-refractivity contribution in [2.75, 3.05) is 9.80 Å². The van der Waals surface area contributed by atoms with Gasteiger partial charge in [-0.25, -0.2) is 29.6 Å². The largest absolute Gasteiger partial charge is 0.273 e. The molecule has 12 rings (SSSR count). The van der Waals surface area contributed by atoms with Gasteiger partial charge in [-0.2, -0.15) is 10.5 Å². The number of rotatable bonds is 6. The summed E-state index contributed by atoms with van der Waals surface area (Å²) in [6.07, 6.45) is 0. The highest BCUT2D eigenvalue weighted by Crippen LogP contribution is 2.54. The Morgan fingerprint density at radius 2 is 0.729 bits per heavy atom. The van der Waals surface area contributed by atoms with Crippen molar-refractivity contribution in [3.05, 3.63) is 228 Å². The Balaban J connectivity index is 1.20. The molecule has 11 aromatic rings. The molecule has 0 bridgehead atoms. The number of nitriles is 2. The first kappa shape index (κ1) is 40.9. The van der Waals surface area contributed by atoms with Crippen LogP contribution in [0.25, 0.3) is 87.0 Å². The first-order valence-corrected chi connectivity index (χ1v) is 22.3. The highest BCUT2D eigenvalue weighted by Gasteiger charge is 2.38. The molecule has 0 fully saturated rings. The van der Waals surface area contributed by atoms with E-state index in [1.807, 2.05) is 94.7 Å². The fraction of sp³-hybridized carbons (Fsp3) is 0. The van der Waals surface area contributed by atoms with Crippen molar-refractivity contribution in [1.82, 2.24) is 19.9 Å². The van der Waals surface area contributed by atoms with Gasteiger partial charge in [0.05, 0.1) is 58.8 Å². The third-order valence-corrected chi connectivity index (χ3v) is 12.6. The van der Waals surface area contributed by atoms with Crippen LogP contribution in [-0.4, -0.2) is 19.9 Å². The van der Waals surface area contributed by atoms with E-state index in [4.69, 9.17) is 33.1 Å². The Morgan fingerprint density at radius 3 is 1.10 bits per heavy atom. The van der Waals surface area contributed by atoms with E-state index < -0.39 is 0 Å². The highest BCUT2D eigenvalue weighted by atomic mass is 15.4. The average Bonchev–Trinajstić information content (AvgIpc) is 3.43. The SMILES string of the molecule is [C-]#[N+]c1ccc(-c2nc3c(nc2-c2ccc([N+]#[C-])cc2)N(c2ccc4ccccc4c2)c2nc4cc(-c5ccc(C#N)cc5)c(-c5ccc(C#N)cc5)cc4nc2N3c2ccc3ccccc3c2)cc1. The molecule has 1 aliphatic heterocycles. The fourth-order valence-corrected chi connectivity index (χ4v) is 9.14. The molecule has 1 aliphatic rings. The van der Waals surface area contributed by atoms with Crippen LogP contribution in [0.15, 0.2) is 194 Å². The third-order valence-electron chi connectivity index (χ3n) is 12.6. The fourth-order valence-electron chi connectivity index (χ4n) is 9.14. The molecule has 0 saturated heterocycles. The average molecular weight is 893 g/mol. The molecule has 2 aromatic heterocycles. The zero-order valence-corrected chi connectivity index (χ0v) is 36.9. The minimum atomic E-state index is 0.497. The quantitative estimate of drug-likeness (QED) is 0.152. The molecule has 0 amide bonds. The summed E-state index contributed by atoms with van der Waals surface area (Å²) in [5.41, 5.74) is 11.0. The molecule has 0 aliphatic carbocycles. The lowest BCUT2D eigenvalue weighted by molar-refractivity contribution is 1.01. The molecule has 322 valence electrons. The summed E-state index contributed by atoms with van der Waals surface area (Å²) >= 11 is 0. The van der Waals surface area contributed by atoms with E-state index in [0.717, 1.165) is 66.3 Å². The first-order valence-electron chi connectivity index (χ1n) is 22.3. The molecule has 0 N–H and O–H groups in total. The Morgan fingerprint density at radius 1 is 0.371 bits per heavy atom. The molecule has 10 nitrogen and oxygen atoms in total. The predicted octanol–water partition coefficient (Wildman–Crippen LogP) is 15.5. The number of benzene rings is 9. The van der Waals surface area contributed by atoms with Crippen molar-refractivity contribution in [3.8, 4) is 56.9 Å². The van der Waals surface area contributed by atoms with Crippen molar-refractivity contribution in [3.63, 3.8) is 0 Å². The molecule has 0 atom stereocenters. The van der Waals surface area contributed by atoms with Crippen LogP contribution < -0.4 is 9.80 Å². The Kier molecular flexibility index (Phi) is 9.78. The van der Waals surface area contributed by atoms with Crippen LogP contribution in [0.3, 0.4) is 0 Å². The van der Waals surface area contributed by atoms with Crippen LogP contribution in [0.2, 0.25) is 0 Å². The van der Waals surface area contributed by atoms with Crippen LogP contribution in [-0.2, 0) is 0 Å². The number of hydrogen-bond acceptors (Lipinski definition) is 8. The van der Waals surface area contributed by atoms with Crippen LogP contribution in [0.4, 0.5) is 46.0 Å². The van der Waals surface area contributed by atoms with Crippen LogP contribution >= 0.6 is 0 Å². The smallest absolute Gasteiger partial charge is 0.187 e. The van der Waals surface area contributed by atoms with Crippen LogP contribution in [0.5, 0.6) is 0 Å². The van der Waals surface area contributed by atoms with Crippen molar-refractivity contribution < 1.29 is 0 Å². The molecule has 70 heavy (non-hydrogen) atoms. The molecule has 10 heteroatoms. The van der Waals surface area contributed by atoms with Gasteiger partial charge in [0.15, 0.2) is 34.6 Å². The maximum absolute atomic E-state index is 9.70. The molecule has 3 heterocycles. The zero-order valence-electron chi connectivity index (χ0n) is 36.9. The maximum Gasteiger partial charge on any atom is 0.187 e. The second kappa shape index (κ2) is 16.7. The summed E-state index contributed by atoms with van der Waals surface area (Å²) in [7, 11) is 0. The summed E-state index contributed by atoms with van der Waals surface area (Å²) in [6.45, 7) is 15.4. The molecular formula is C60H32N10. The summed E-state index contributed by atoms with van der Waals surface area (Å²) in [5, 5.41) is 23.6. The van der Waals surface area contributed by atoms with Gasteiger partial charge in [-0.3, -0.25) is 9.80 Å². The summed E-state index contributed by atoms with van der Waals surface area (Å²) in [5.74, 6) is 2.02. The number of anilines is 6. The lowest BCUT2D eigenvalue weighted by Gasteiger charge is -2.37. The summed E-state index contributed by atoms with van der Waals surface area (Å²) < 4.78 is 0. The molecule has 0 radical (unpaired) electrons. The van der Waals surface area contributed by atoms with Gasteiger partial charge in [0.2, 0.25) is 0 Å². The maximum atomic E-state index is 9.70. The Bertz CT molecular complexity index is 3830. The monoisotopic (exact) mass is 892 g/mol. The van der Waals surface area contributed by atoms with Gasteiger partial charge in [0.25, 0.3) is 0 Å². The molecule has 0 unspecified atom stereocenters. The standard InChI is InChI=1S/C60H32N10/c1-63-47-25-19-43(20-26-47)55-56(44-21-27-48(64-2)28-22-44)68-60-59(67-55)69(49-29-23-39-7-3-5-9-45(39)31-49)57-58(70(60)50-30-24-40-8-4-6-10-46(40)32-50)66-54-34-52(42-17-13-38(36-62)14-18-42)51(33-53(54)65-57)41-15-11-37(35-61)12-16-41/h3-34H. The number of hydrogen-bond donors (Lipinski definition) is 0. The Labute approximate surface area is 402 Å². The van der Waals surface area contributed by atoms with E-state index in [1.165, 1.54) is 0 Å². The minimum absolute atomic E-state index is 0.497. The predicted molar refractivity (Wildman–Crippen MR) is 277 cm³/mol. The van der Waals surface area contributed by atoms with Crippen LogP contribution in [0, 0.1) is 35.8 Å². The summed E-state index contributed by atoms with van der Waals surface area (Å²) in [4.78, 5) is 33.8. The first-order chi connectivity index (χ1) is 34.5. The van der Waals surface area contributed by atoms with E-state index >= 15 is 0 Å². The zero-order chi connectivity index (χ0) is 47.3. The van der Waals surface area contributed by atoms with Crippen molar-refractivity contribution in [2.45, 2.75) is 0 Å². The van der Waals surface area contributed by atoms with Gasteiger partial charge in [-0.05, 0) is 116 Å². The third kappa shape index (κ3) is 7.03. The second-order valence-electron chi connectivity index (χ2n) is 16.8. The van der Waals surface area contributed by atoms with Gasteiger partial charge in [-0.1, -0.05) is 133 Å². The van der Waals surface area contributed by atoms with E-state index in [9.17, 15) is 10.5 Å². The number of nitrogens with zero attached hydrogens (tertiary/aromatic N) is 10. The number of aromatic nitrogens is 4.